The fourth-order valence-electron chi connectivity index (χ4n) is 3.20. The van der Waals surface area contributed by atoms with Gasteiger partial charge in [-0.3, -0.25) is 14.4 Å². The maximum Gasteiger partial charge on any atom is 0.267 e. The predicted molar refractivity (Wildman–Crippen MR) is 83.9 cm³/mol. The molecule has 1 aliphatic carbocycles. The summed E-state index contributed by atoms with van der Waals surface area (Å²) in [5.74, 6) is -0.466. The van der Waals surface area contributed by atoms with Crippen LogP contribution in [0.15, 0.2) is 10.9 Å². The average molecular weight is 318 g/mol. The monoisotopic (exact) mass is 318 g/mol. The van der Waals surface area contributed by atoms with Crippen molar-refractivity contribution in [2.75, 3.05) is 13.1 Å². The van der Waals surface area contributed by atoms with Crippen molar-refractivity contribution in [1.29, 1.82) is 0 Å². The maximum atomic E-state index is 12.1. The third kappa shape index (κ3) is 3.78. The van der Waals surface area contributed by atoms with Gasteiger partial charge in [-0.1, -0.05) is 0 Å². The first kappa shape index (κ1) is 15.7. The minimum atomic E-state index is -0.267. The maximum absolute atomic E-state index is 12.1. The van der Waals surface area contributed by atoms with Gasteiger partial charge in [0.1, 0.15) is 0 Å². The van der Waals surface area contributed by atoms with Crippen molar-refractivity contribution < 1.29 is 9.59 Å². The van der Waals surface area contributed by atoms with Crippen molar-refractivity contribution in [1.82, 2.24) is 20.4 Å². The topological polar surface area (TPSA) is 93.1 Å². The third-order valence-electron chi connectivity index (χ3n) is 4.51. The lowest BCUT2D eigenvalue weighted by Gasteiger charge is -2.21. The molecular formula is C16H22N4O3. The normalized spacial score (nSPS) is 20.5. The van der Waals surface area contributed by atoms with E-state index in [4.69, 9.17) is 0 Å². The van der Waals surface area contributed by atoms with Crippen LogP contribution in [0, 0.1) is 5.92 Å². The number of carbonyl (C=O) groups is 2. The smallest absolute Gasteiger partial charge is 0.267 e. The van der Waals surface area contributed by atoms with Gasteiger partial charge >= 0.3 is 0 Å². The van der Waals surface area contributed by atoms with Crippen LogP contribution < -0.4 is 16.2 Å². The Morgan fingerprint density at radius 2 is 2.17 bits per heavy atom. The Morgan fingerprint density at radius 1 is 1.35 bits per heavy atom. The van der Waals surface area contributed by atoms with Crippen molar-refractivity contribution in [2.45, 2.75) is 45.1 Å². The van der Waals surface area contributed by atoms with E-state index in [1.165, 1.54) is 4.68 Å². The number of aryl methyl sites for hydroxylation is 2. The molecule has 2 heterocycles. The highest BCUT2D eigenvalue weighted by Gasteiger charge is 2.25. The van der Waals surface area contributed by atoms with Gasteiger partial charge in [-0.2, -0.15) is 5.10 Å². The second kappa shape index (κ2) is 6.93. The number of aromatic nitrogens is 2. The highest BCUT2D eigenvalue weighted by Crippen LogP contribution is 2.16. The largest absolute Gasteiger partial charge is 0.356 e. The number of hydrogen-bond acceptors (Lipinski definition) is 4. The summed E-state index contributed by atoms with van der Waals surface area (Å²) in [7, 11) is 0. The molecule has 0 radical (unpaired) electrons. The van der Waals surface area contributed by atoms with Crippen molar-refractivity contribution in [3.63, 3.8) is 0 Å². The predicted octanol–water partition coefficient (Wildman–Crippen LogP) is -0.235. The van der Waals surface area contributed by atoms with Crippen LogP contribution in [0.25, 0.3) is 0 Å². The fourth-order valence-corrected chi connectivity index (χ4v) is 3.20. The van der Waals surface area contributed by atoms with Gasteiger partial charge in [0.25, 0.3) is 5.56 Å². The molecule has 0 bridgehead atoms. The standard InChI is InChI=1S/C16H22N4O3/c21-14-9-12(5-6-17-14)16(23)18-7-8-20-15(22)10-11-3-1-2-4-13(11)19-20/h10,12H,1-9H2,(H,17,21)(H,18,23). The summed E-state index contributed by atoms with van der Waals surface area (Å²) < 4.78 is 1.43. The van der Waals surface area contributed by atoms with E-state index in [9.17, 15) is 14.4 Å². The van der Waals surface area contributed by atoms with Crippen LogP contribution >= 0.6 is 0 Å². The molecule has 3 rings (SSSR count). The first-order chi connectivity index (χ1) is 11.1. The zero-order chi connectivity index (χ0) is 16.2. The SMILES string of the molecule is O=C1CC(C(=O)NCCn2nc3c(cc2=O)CCCC3)CCN1. The van der Waals surface area contributed by atoms with Gasteiger partial charge in [-0.05, 0) is 37.7 Å². The van der Waals surface area contributed by atoms with E-state index in [1.807, 2.05) is 0 Å². The molecule has 2 amide bonds. The number of fused-ring (bicyclic) bond motifs is 1. The van der Waals surface area contributed by atoms with E-state index < -0.39 is 0 Å². The Morgan fingerprint density at radius 3 is 3.00 bits per heavy atom. The molecule has 7 heteroatoms. The Labute approximate surface area is 134 Å². The number of rotatable bonds is 4. The summed E-state index contributed by atoms with van der Waals surface area (Å²) >= 11 is 0. The van der Waals surface area contributed by atoms with E-state index in [1.54, 1.807) is 6.07 Å². The zero-order valence-corrected chi connectivity index (χ0v) is 13.1. The lowest BCUT2D eigenvalue weighted by atomic mass is 9.97. The van der Waals surface area contributed by atoms with Crippen LogP contribution in [0.3, 0.4) is 0 Å². The van der Waals surface area contributed by atoms with Crippen molar-refractivity contribution >= 4 is 11.8 Å². The molecule has 1 fully saturated rings. The van der Waals surface area contributed by atoms with Gasteiger partial charge in [0, 0.05) is 31.5 Å². The fraction of sp³-hybridized carbons (Fsp3) is 0.625. The van der Waals surface area contributed by atoms with Crippen LogP contribution in [0.1, 0.15) is 36.9 Å². The van der Waals surface area contributed by atoms with Crippen molar-refractivity contribution in [2.24, 2.45) is 5.92 Å². The molecule has 0 aromatic carbocycles. The van der Waals surface area contributed by atoms with Gasteiger partial charge in [0.2, 0.25) is 11.8 Å². The third-order valence-corrected chi connectivity index (χ3v) is 4.51. The molecule has 7 nitrogen and oxygen atoms in total. The Bertz CT molecular complexity index is 668. The number of hydrogen-bond donors (Lipinski definition) is 2. The van der Waals surface area contributed by atoms with E-state index in [-0.39, 0.29) is 29.7 Å². The van der Waals surface area contributed by atoms with Crippen LogP contribution in [-0.4, -0.2) is 34.7 Å². The van der Waals surface area contributed by atoms with Gasteiger partial charge in [0.05, 0.1) is 12.2 Å². The van der Waals surface area contributed by atoms with Crippen LogP contribution in [0.2, 0.25) is 0 Å². The highest BCUT2D eigenvalue weighted by molar-refractivity contribution is 5.86. The summed E-state index contributed by atoms with van der Waals surface area (Å²) in [6, 6.07) is 1.68. The molecule has 2 aliphatic rings. The van der Waals surface area contributed by atoms with Gasteiger partial charge in [-0.15, -0.1) is 0 Å². The number of nitrogens with one attached hydrogen (secondary N) is 2. The summed E-state index contributed by atoms with van der Waals surface area (Å²) in [5.41, 5.74) is 1.96. The molecule has 1 atom stereocenters. The van der Waals surface area contributed by atoms with Gasteiger partial charge in [-0.25, -0.2) is 4.68 Å². The summed E-state index contributed by atoms with van der Waals surface area (Å²) in [6.07, 6.45) is 4.97. The molecule has 2 N–H and O–H groups in total. The van der Waals surface area contributed by atoms with Crippen LogP contribution in [-0.2, 0) is 29.0 Å². The minimum absolute atomic E-state index is 0.0797. The number of nitrogens with zero attached hydrogens (tertiary/aromatic N) is 2. The molecule has 0 saturated carbocycles. The Hall–Kier alpha value is -2.18. The van der Waals surface area contributed by atoms with Gasteiger partial charge in [0.15, 0.2) is 0 Å². The van der Waals surface area contributed by atoms with Crippen molar-refractivity contribution in [3.05, 3.63) is 27.7 Å². The lowest BCUT2D eigenvalue weighted by Crippen LogP contribution is -2.42. The Kier molecular flexibility index (Phi) is 4.73. The molecule has 1 aromatic rings. The molecule has 23 heavy (non-hydrogen) atoms. The highest BCUT2D eigenvalue weighted by atomic mass is 16.2. The van der Waals surface area contributed by atoms with Crippen LogP contribution in [0.5, 0.6) is 0 Å². The summed E-state index contributed by atoms with van der Waals surface area (Å²) in [5, 5.41) is 9.94. The molecule has 1 aliphatic heterocycles. The summed E-state index contributed by atoms with van der Waals surface area (Å²) in [4.78, 5) is 35.4. The molecule has 1 saturated heterocycles. The zero-order valence-electron chi connectivity index (χ0n) is 13.1. The molecule has 124 valence electrons. The molecule has 0 spiro atoms. The van der Waals surface area contributed by atoms with E-state index in [2.05, 4.69) is 15.7 Å². The number of piperidine rings is 1. The minimum Gasteiger partial charge on any atom is -0.356 e. The molecule has 1 aromatic heterocycles. The second-order valence-electron chi connectivity index (χ2n) is 6.22. The van der Waals surface area contributed by atoms with Crippen molar-refractivity contribution in [3.8, 4) is 0 Å². The number of carbonyl (C=O) groups excluding carboxylic acids is 2. The van der Waals surface area contributed by atoms with E-state index in [0.29, 0.717) is 26.1 Å². The second-order valence-corrected chi connectivity index (χ2v) is 6.22. The first-order valence-electron chi connectivity index (χ1n) is 8.28. The summed E-state index contributed by atoms with van der Waals surface area (Å²) in [6.45, 7) is 1.25. The average Bonchev–Trinajstić information content (AvgIpc) is 2.55. The van der Waals surface area contributed by atoms with E-state index >= 15 is 0 Å². The van der Waals surface area contributed by atoms with Gasteiger partial charge < -0.3 is 10.6 Å². The Balaban J connectivity index is 1.55. The van der Waals surface area contributed by atoms with E-state index in [0.717, 1.165) is 36.9 Å². The number of amides is 2. The molecular weight excluding hydrogens is 296 g/mol. The lowest BCUT2D eigenvalue weighted by molar-refractivity contribution is -0.132. The quantitative estimate of drug-likeness (QED) is 0.801. The van der Waals surface area contributed by atoms with Crippen LogP contribution in [0.4, 0.5) is 0 Å². The molecule has 1 unspecified atom stereocenters. The first-order valence-corrected chi connectivity index (χ1v) is 8.28.